The average molecular weight is 696 g/mol. The van der Waals surface area contributed by atoms with Gasteiger partial charge in [-0.15, -0.1) is 0 Å². The van der Waals surface area contributed by atoms with Crippen LogP contribution in [-0.2, 0) is 53.4 Å². The molecule has 29 heteroatoms. The molecule has 0 aliphatic heterocycles. The zero-order valence-corrected chi connectivity index (χ0v) is 24.2. The first-order valence-electron chi connectivity index (χ1n) is 9.36. The van der Waals surface area contributed by atoms with E-state index in [1.165, 1.54) is 48.8 Å². The molecule has 224 valence electrons. The minimum atomic E-state index is -6.42. The zero-order chi connectivity index (χ0) is 30.5. The van der Waals surface area contributed by atoms with Crippen LogP contribution in [-0.4, -0.2) is 41.6 Å². The maximum atomic E-state index is 12.3. The molecular formula is C11H17BNO21P6+. The molecule has 0 saturated carbocycles. The monoisotopic (exact) mass is 696 g/mol. The molecule has 0 bridgehead atoms. The van der Waals surface area contributed by atoms with Crippen molar-refractivity contribution < 1.29 is 102 Å². The van der Waals surface area contributed by atoms with Crippen molar-refractivity contribution in [3.8, 4) is 5.75 Å². The lowest BCUT2D eigenvalue weighted by Crippen LogP contribution is -2.53. The van der Waals surface area contributed by atoms with E-state index in [1.807, 2.05) is 0 Å². The topological polar surface area (TPSA) is 322 Å². The summed E-state index contributed by atoms with van der Waals surface area (Å²) < 4.78 is 103. The van der Waals surface area contributed by atoms with E-state index in [1.54, 1.807) is 12.1 Å². The largest absolute Gasteiger partial charge is 0.854 e. The van der Waals surface area contributed by atoms with Gasteiger partial charge in [0.05, 0.1) is 0 Å². The van der Waals surface area contributed by atoms with Crippen LogP contribution >= 0.6 is 46.9 Å². The lowest BCUT2D eigenvalue weighted by Gasteiger charge is -2.20. The summed E-state index contributed by atoms with van der Waals surface area (Å²) in [6.07, 6.45) is 2.53. The molecule has 0 aliphatic carbocycles. The first-order valence-corrected chi connectivity index (χ1v) is 18.4. The Morgan fingerprint density at radius 2 is 0.950 bits per heavy atom. The van der Waals surface area contributed by atoms with Gasteiger partial charge in [-0.25, -0.2) is 32.1 Å². The molecule has 0 fully saturated rings. The highest BCUT2D eigenvalue weighted by molar-refractivity contribution is 7.72. The fraction of sp³-hybridized carbons (Fsp3) is 0. The highest BCUT2D eigenvalue weighted by Crippen LogP contribution is 2.74. The van der Waals surface area contributed by atoms with Crippen molar-refractivity contribution in [1.82, 2.24) is 0 Å². The van der Waals surface area contributed by atoms with Crippen LogP contribution < -0.4 is 14.1 Å². The molecule has 0 saturated heterocycles. The number of para-hydroxylation sites is 1. The number of nitrogens with zero attached hydrogens (tertiary/aromatic N) is 1. The molecule has 0 aliphatic rings. The summed E-state index contributed by atoms with van der Waals surface area (Å²) in [6, 6.07) is 11.6. The van der Waals surface area contributed by atoms with E-state index >= 15 is 0 Å². The highest BCUT2D eigenvalue weighted by atomic mass is 31.3. The van der Waals surface area contributed by atoms with Gasteiger partial charge in [-0.2, -0.15) is 21.6 Å². The number of aromatic nitrogens is 1. The Morgan fingerprint density at radius 3 is 1.40 bits per heavy atom. The zero-order valence-electron chi connectivity index (χ0n) is 18.8. The van der Waals surface area contributed by atoms with Crippen molar-refractivity contribution >= 4 is 54.3 Å². The third kappa shape index (κ3) is 14.2. The molecule has 2 aromatic rings. The molecule has 22 nitrogen and oxygen atoms in total. The van der Waals surface area contributed by atoms with E-state index in [2.05, 4.69) is 26.0 Å². The van der Waals surface area contributed by atoms with Crippen LogP contribution in [0.3, 0.4) is 0 Å². The summed E-state index contributed by atoms with van der Waals surface area (Å²) in [5, 5.41) is 0. The Hall–Kier alpha value is -1.11. The molecule has 1 heterocycles. The normalized spacial score (nSPS) is 19.6. The molecular weight excluding hydrogens is 679 g/mol. The summed E-state index contributed by atoms with van der Waals surface area (Å²) in [6.45, 7) is 0. The van der Waals surface area contributed by atoms with E-state index < -0.39 is 54.3 Å². The molecule has 40 heavy (non-hydrogen) atoms. The van der Waals surface area contributed by atoms with Gasteiger partial charge in [-0.3, -0.25) is 4.44 Å². The number of phosphoric acid groups is 6. The second kappa shape index (κ2) is 13.5. The maximum absolute atomic E-state index is 12.3. The number of pyridine rings is 1. The van der Waals surface area contributed by atoms with Gasteiger partial charge in [0.25, 0.3) is 0 Å². The second-order valence-electron chi connectivity index (χ2n) is 6.41. The maximum Gasteiger partial charge on any atom is 0.854 e. The third-order valence-corrected chi connectivity index (χ3v) is 11.8. The number of hydrogen-bond acceptors (Lipinski definition) is 14. The van der Waals surface area contributed by atoms with Crippen LogP contribution in [0.1, 0.15) is 0 Å². The third-order valence-electron chi connectivity index (χ3n) is 3.13. The van der Waals surface area contributed by atoms with Crippen LogP contribution in [0.5, 0.6) is 5.75 Å². The molecule has 0 spiro atoms. The Balaban J connectivity index is 2.13. The molecule has 7 N–H and O–H groups in total. The quantitative estimate of drug-likeness (QED) is 0.0735. The van der Waals surface area contributed by atoms with Gasteiger partial charge in [0, 0.05) is 12.1 Å². The summed E-state index contributed by atoms with van der Waals surface area (Å²) >= 11 is 0. The SMILES string of the molecule is O=P(O)(O)OP(=O)(O)OP(=O)(O)OP(=O)(O)OP(=O)(O)OP(=O)(O)OB(Oc1ccccc1)O[n+]1ccccc1. The van der Waals surface area contributed by atoms with Crippen molar-refractivity contribution in [2.45, 2.75) is 0 Å². The van der Waals surface area contributed by atoms with Crippen molar-refractivity contribution in [3.63, 3.8) is 0 Å². The van der Waals surface area contributed by atoms with Crippen molar-refractivity contribution in [2.75, 3.05) is 0 Å². The summed E-state index contributed by atoms with van der Waals surface area (Å²) in [4.78, 5) is 64.1. The first kappa shape index (κ1) is 35.1. The average Bonchev–Trinajstić information content (AvgIpc) is 2.69. The first-order chi connectivity index (χ1) is 18.1. The van der Waals surface area contributed by atoms with E-state index in [0.717, 1.165) is 4.73 Å². The van der Waals surface area contributed by atoms with Crippen molar-refractivity contribution in [3.05, 3.63) is 60.9 Å². The summed E-state index contributed by atoms with van der Waals surface area (Å²) in [7, 11) is -39.2. The van der Waals surface area contributed by atoms with Crippen LogP contribution in [0.25, 0.3) is 0 Å². The summed E-state index contributed by atoms with van der Waals surface area (Å²) in [5.41, 5.74) is 0. The Bertz CT molecular complexity index is 1390. The van der Waals surface area contributed by atoms with Crippen LogP contribution in [0, 0.1) is 0 Å². The van der Waals surface area contributed by atoms with Gasteiger partial charge in [-0.05, 0) is 16.9 Å². The van der Waals surface area contributed by atoms with E-state index in [9.17, 15) is 47.0 Å². The van der Waals surface area contributed by atoms with Gasteiger partial charge >= 0.3 is 54.3 Å². The van der Waals surface area contributed by atoms with E-state index in [0.29, 0.717) is 0 Å². The van der Waals surface area contributed by atoms with Crippen LogP contribution in [0.2, 0.25) is 0 Å². The Labute approximate surface area is 223 Å². The van der Waals surface area contributed by atoms with Gasteiger partial charge in [0.1, 0.15) is 5.75 Å². The lowest BCUT2D eigenvalue weighted by molar-refractivity contribution is -0.865. The highest BCUT2D eigenvalue weighted by Gasteiger charge is 2.51. The van der Waals surface area contributed by atoms with Crippen LogP contribution in [0.4, 0.5) is 0 Å². The molecule has 2 rings (SSSR count). The molecule has 1 aromatic heterocycles. The van der Waals surface area contributed by atoms with Gasteiger partial charge < -0.3 is 38.9 Å². The van der Waals surface area contributed by atoms with Crippen LogP contribution in [0.15, 0.2) is 60.9 Å². The van der Waals surface area contributed by atoms with Crippen molar-refractivity contribution in [2.24, 2.45) is 0 Å². The fourth-order valence-electron chi connectivity index (χ4n) is 2.07. The Morgan fingerprint density at radius 1 is 0.550 bits per heavy atom. The predicted octanol–water partition coefficient (Wildman–Crippen LogP) is 1.16. The van der Waals surface area contributed by atoms with E-state index in [-0.39, 0.29) is 5.75 Å². The predicted molar refractivity (Wildman–Crippen MR) is 124 cm³/mol. The smallest absolute Gasteiger partial charge is 0.498 e. The molecule has 5 atom stereocenters. The molecule has 5 unspecified atom stereocenters. The minimum absolute atomic E-state index is 0.0247. The van der Waals surface area contributed by atoms with Gasteiger partial charge in [0.2, 0.25) is 12.4 Å². The standard InChI is InChI=1S/C11H16BNO21P6/c14-35(15,16)30-37(19,20)32-39(23,24)34-40(25,26)33-38(21,22)31-36(17,18)29-12(27-11-7-3-1-4-8-11)28-13-9-5-2-6-10-13/h1-10H,(H6-,14,15,16,17,18,19,20,21,22,23,24,25,26)/p+1. The molecule has 0 amide bonds. The van der Waals surface area contributed by atoms with Gasteiger partial charge in [-0.1, -0.05) is 24.3 Å². The minimum Gasteiger partial charge on any atom is -0.498 e. The molecule has 0 radical (unpaired) electrons. The second-order valence-corrected chi connectivity index (χ2v) is 15.6. The van der Waals surface area contributed by atoms with E-state index in [4.69, 9.17) is 24.1 Å². The Kier molecular flexibility index (Phi) is 11.8. The molecule has 1 aromatic carbocycles. The van der Waals surface area contributed by atoms with Crippen molar-refractivity contribution in [1.29, 1.82) is 0 Å². The van der Waals surface area contributed by atoms with Gasteiger partial charge in [0.15, 0.2) is 0 Å². The number of benzene rings is 1. The summed E-state index contributed by atoms with van der Waals surface area (Å²) in [5.74, 6) is -0.0247. The fourth-order valence-corrected chi connectivity index (χ4v) is 9.32. The number of rotatable bonds is 16. The lowest BCUT2D eigenvalue weighted by atomic mass is 10.2. The number of hydrogen-bond donors (Lipinski definition) is 7.